The second-order valence-electron chi connectivity index (χ2n) is 5.45. The molecule has 0 radical (unpaired) electrons. The van der Waals surface area contributed by atoms with Gasteiger partial charge < -0.3 is 10.6 Å². The van der Waals surface area contributed by atoms with Crippen molar-refractivity contribution >= 4 is 18.3 Å². The van der Waals surface area contributed by atoms with Crippen LogP contribution in [0.3, 0.4) is 0 Å². The summed E-state index contributed by atoms with van der Waals surface area (Å²) in [6.07, 6.45) is 6.53. The number of hydrogen-bond donors (Lipinski definition) is 2. The molecular formula is C14H26ClN3O. The maximum absolute atomic E-state index is 11.9. The fraction of sp³-hybridized carbons (Fsp3) is 0.786. The lowest BCUT2D eigenvalue weighted by molar-refractivity contribution is -0.123. The first-order chi connectivity index (χ1) is 8.79. The highest BCUT2D eigenvalue weighted by Gasteiger charge is 2.24. The standard InChI is InChI=1S/C14H25N3O.ClH/c1-2-8-17-9-4-5-12(11-17)10-16-14(18)13-6-3-7-15-13;/h2,12-13,15H,1,3-11H2,(H,16,18);1H. The minimum absolute atomic E-state index is 0. The molecule has 0 aromatic carbocycles. The number of piperidine rings is 1. The molecule has 2 N–H and O–H groups in total. The minimum Gasteiger partial charge on any atom is -0.354 e. The highest BCUT2D eigenvalue weighted by Crippen LogP contribution is 2.15. The number of nitrogens with one attached hydrogen (secondary N) is 2. The first-order valence-corrected chi connectivity index (χ1v) is 7.14. The van der Waals surface area contributed by atoms with Gasteiger partial charge in [0.05, 0.1) is 6.04 Å². The number of amides is 1. The van der Waals surface area contributed by atoms with Crippen LogP contribution in [0.5, 0.6) is 0 Å². The van der Waals surface area contributed by atoms with Gasteiger partial charge in [-0.05, 0) is 44.7 Å². The fourth-order valence-electron chi connectivity index (χ4n) is 2.94. The molecule has 2 unspecified atom stereocenters. The van der Waals surface area contributed by atoms with Crippen LogP contribution in [0.2, 0.25) is 0 Å². The quantitative estimate of drug-likeness (QED) is 0.746. The topological polar surface area (TPSA) is 44.4 Å². The summed E-state index contributed by atoms with van der Waals surface area (Å²) in [4.78, 5) is 14.3. The van der Waals surface area contributed by atoms with E-state index < -0.39 is 0 Å². The maximum atomic E-state index is 11.9. The molecule has 110 valence electrons. The van der Waals surface area contributed by atoms with Crippen molar-refractivity contribution in [3.63, 3.8) is 0 Å². The molecule has 2 saturated heterocycles. The Hall–Kier alpha value is -0.580. The zero-order valence-corrected chi connectivity index (χ0v) is 12.4. The van der Waals surface area contributed by atoms with Gasteiger partial charge in [-0.15, -0.1) is 19.0 Å². The predicted molar refractivity (Wildman–Crippen MR) is 80.6 cm³/mol. The largest absolute Gasteiger partial charge is 0.354 e. The third-order valence-electron chi connectivity index (χ3n) is 3.93. The lowest BCUT2D eigenvalue weighted by Crippen LogP contribution is -2.45. The Morgan fingerprint density at radius 3 is 2.95 bits per heavy atom. The van der Waals surface area contributed by atoms with E-state index in [0.717, 1.165) is 39.0 Å². The lowest BCUT2D eigenvalue weighted by atomic mass is 9.98. The van der Waals surface area contributed by atoms with E-state index in [4.69, 9.17) is 0 Å². The van der Waals surface area contributed by atoms with Crippen molar-refractivity contribution in [3.8, 4) is 0 Å². The third kappa shape index (κ3) is 5.13. The number of rotatable bonds is 5. The van der Waals surface area contributed by atoms with Gasteiger partial charge in [0.1, 0.15) is 0 Å². The van der Waals surface area contributed by atoms with Crippen LogP contribution in [-0.2, 0) is 4.79 Å². The van der Waals surface area contributed by atoms with Crippen LogP contribution in [0.4, 0.5) is 0 Å². The Labute approximate surface area is 122 Å². The van der Waals surface area contributed by atoms with Gasteiger partial charge in [0.15, 0.2) is 0 Å². The van der Waals surface area contributed by atoms with Crippen LogP contribution in [0, 0.1) is 5.92 Å². The van der Waals surface area contributed by atoms with E-state index >= 15 is 0 Å². The van der Waals surface area contributed by atoms with E-state index in [2.05, 4.69) is 22.1 Å². The van der Waals surface area contributed by atoms with Crippen LogP contribution in [0.1, 0.15) is 25.7 Å². The van der Waals surface area contributed by atoms with Gasteiger partial charge in [0, 0.05) is 19.6 Å². The second-order valence-corrected chi connectivity index (χ2v) is 5.45. The van der Waals surface area contributed by atoms with Crippen molar-refractivity contribution in [1.29, 1.82) is 0 Å². The Kier molecular flexibility index (Phi) is 7.42. The van der Waals surface area contributed by atoms with Crippen molar-refractivity contribution in [2.75, 3.05) is 32.7 Å². The summed E-state index contributed by atoms with van der Waals surface area (Å²) in [6.45, 7) is 8.81. The van der Waals surface area contributed by atoms with Crippen molar-refractivity contribution in [1.82, 2.24) is 15.5 Å². The van der Waals surface area contributed by atoms with Crippen LogP contribution in [-0.4, -0.2) is 49.6 Å². The monoisotopic (exact) mass is 287 g/mol. The van der Waals surface area contributed by atoms with Crippen LogP contribution in [0.15, 0.2) is 12.7 Å². The summed E-state index contributed by atoms with van der Waals surface area (Å²) in [5, 5.41) is 6.34. The summed E-state index contributed by atoms with van der Waals surface area (Å²) in [6, 6.07) is 0.0536. The Bertz CT molecular complexity index is 292. The number of likely N-dealkylation sites (tertiary alicyclic amines) is 1. The SMILES string of the molecule is C=CCN1CCCC(CNC(=O)C2CCCN2)C1.Cl. The number of hydrogen-bond acceptors (Lipinski definition) is 3. The highest BCUT2D eigenvalue weighted by molar-refractivity contribution is 5.85. The van der Waals surface area contributed by atoms with Gasteiger partial charge in [-0.3, -0.25) is 9.69 Å². The molecule has 2 aliphatic heterocycles. The molecule has 0 spiro atoms. The number of carbonyl (C=O) groups is 1. The molecule has 2 heterocycles. The summed E-state index contributed by atoms with van der Waals surface area (Å²) in [7, 11) is 0. The summed E-state index contributed by atoms with van der Waals surface area (Å²) < 4.78 is 0. The molecule has 2 aliphatic rings. The zero-order chi connectivity index (χ0) is 12.8. The molecule has 1 amide bonds. The molecule has 0 aliphatic carbocycles. The van der Waals surface area contributed by atoms with E-state index in [1.54, 1.807) is 0 Å². The van der Waals surface area contributed by atoms with Gasteiger partial charge in [-0.25, -0.2) is 0 Å². The molecular weight excluding hydrogens is 262 g/mol. The number of nitrogens with zero attached hydrogens (tertiary/aromatic N) is 1. The zero-order valence-electron chi connectivity index (χ0n) is 11.6. The van der Waals surface area contributed by atoms with Crippen molar-refractivity contribution in [2.45, 2.75) is 31.7 Å². The minimum atomic E-state index is 0. The molecule has 0 bridgehead atoms. The Balaban J connectivity index is 0.00000180. The van der Waals surface area contributed by atoms with Crippen molar-refractivity contribution < 1.29 is 4.79 Å². The van der Waals surface area contributed by atoms with Crippen molar-refractivity contribution in [2.24, 2.45) is 5.92 Å². The van der Waals surface area contributed by atoms with Crippen LogP contribution < -0.4 is 10.6 Å². The van der Waals surface area contributed by atoms with E-state index in [-0.39, 0.29) is 24.4 Å². The number of halogens is 1. The fourth-order valence-corrected chi connectivity index (χ4v) is 2.94. The molecule has 4 nitrogen and oxygen atoms in total. The predicted octanol–water partition coefficient (Wildman–Crippen LogP) is 1.17. The average molecular weight is 288 g/mol. The molecule has 19 heavy (non-hydrogen) atoms. The molecule has 2 rings (SSSR count). The first-order valence-electron chi connectivity index (χ1n) is 7.14. The molecule has 5 heteroatoms. The number of carbonyl (C=O) groups excluding carboxylic acids is 1. The Morgan fingerprint density at radius 1 is 1.42 bits per heavy atom. The maximum Gasteiger partial charge on any atom is 0.237 e. The van der Waals surface area contributed by atoms with Gasteiger partial charge in [-0.2, -0.15) is 0 Å². The smallest absolute Gasteiger partial charge is 0.237 e. The second kappa shape index (κ2) is 8.56. The molecule has 2 atom stereocenters. The molecule has 0 saturated carbocycles. The summed E-state index contributed by atoms with van der Waals surface area (Å²) >= 11 is 0. The first kappa shape index (κ1) is 16.5. The lowest BCUT2D eigenvalue weighted by Gasteiger charge is -2.32. The van der Waals surface area contributed by atoms with Crippen LogP contribution >= 0.6 is 12.4 Å². The van der Waals surface area contributed by atoms with Crippen molar-refractivity contribution in [3.05, 3.63) is 12.7 Å². The highest BCUT2D eigenvalue weighted by atomic mass is 35.5. The average Bonchev–Trinajstić information content (AvgIpc) is 2.91. The van der Waals surface area contributed by atoms with Gasteiger partial charge in [-0.1, -0.05) is 6.08 Å². The Morgan fingerprint density at radius 2 is 2.26 bits per heavy atom. The van der Waals surface area contributed by atoms with E-state index in [9.17, 15) is 4.79 Å². The van der Waals surface area contributed by atoms with Crippen LogP contribution in [0.25, 0.3) is 0 Å². The van der Waals surface area contributed by atoms with Gasteiger partial charge >= 0.3 is 0 Å². The third-order valence-corrected chi connectivity index (χ3v) is 3.93. The summed E-state index contributed by atoms with van der Waals surface area (Å²) in [5.41, 5.74) is 0. The van der Waals surface area contributed by atoms with E-state index in [1.807, 2.05) is 6.08 Å². The van der Waals surface area contributed by atoms with Gasteiger partial charge in [0.25, 0.3) is 0 Å². The van der Waals surface area contributed by atoms with E-state index in [1.165, 1.54) is 19.4 Å². The molecule has 0 aromatic heterocycles. The van der Waals surface area contributed by atoms with Gasteiger partial charge in [0.2, 0.25) is 5.91 Å². The van der Waals surface area contributed by atoms with E-state index in [0.29, 0.717) is 5.92 Å². The molecule has 2 fully saturated rings. The molecule has 0 aromatic rings. The normalized spacial score (nSPS) is 27.6. The summed E-state index contributed by atoms with van der Waals surface area (Å²) in [5.74, 6) is 0.789.